The third kappa shape index (κ3) is 4.16. The van der Waals surface area contributed by atoms with Crippen LogP contribution in [0.3, 0.4) is 0 Å². The fraction of sp³-hybridized carbons (Fsp3) is 0.235. The Bertz CT molecular complexity index is 674. The SMILES string of the molecule is COc1cc(COC(=O)c2cccc(Br)c2)cc(OC)c1OC. The van der Waals surface area contributed by atoms with Gasteiger partial charge in [0, 0.05) is 4.47 Å². The molecule has 0 aliphatic carbocycles. The molecule has 0 unspecified atom stereocenters. The van der Waals surface area contributed by atoms with Crippen LogP contribution in [-0.2, 0) is 11.3 Å². The summed E-state index contributed by atoms with van der Waals surface area (Å²) in [6.45, 7) is 0.0993. The molecule has 0 fully saturated rings. The third-order valence-corrected chi connectivity index (χ3v) is 3.65. The fourth-order valence-corrected chi connectivity index (χ4v) is 2.47. The van der Waals surface area contributed by atoms with E-state index >= 15 is 0 Å². The van der Waals surface area contributed by atoms with E-state index in [4.69, 9.17) is 18.9 Å². The average Bonchev–Trinajstić information content (AvgIpc) is 2.58. The standard InChI is InChI=1S/C17H17BrO5/c1-20-14-7-11(8-15(21-2)16(14)22-3)10-23-17(19)12-5-4-6-13(18)9-12/h4-9H,10H2,1-3H3. The summed E-state index contributed by atoms with van der Waals surface area (Å²) in [6, 6.07) is 10.5. The summed E-state index contributed by atoms with van der Waals surface area (Å²) < 4.78 is 22.0. The quantitative estimate of drug-likeness (QED) is 0.712. The highest BCUT2D eigenvalue weighted by Gasteiger charge is 2.14. The number of esters is 1. The lowest BCUT2D eigenvalue weighted by molar-refractivity contribution is 0.0472. The van der Waals surface area contributed by atoms with Gasteiger partial charge in [0.1, 0.15) is 6.61 Å². The highest BCUT2D eigenvalue weighted by Crippen LogP contribution is 2.38. The van der Waals surface area contributed by atoms with Gasteiger partial charge >= 0.3 is 5.97 Å². The molecule has 122 valence electrons. The zero-order valence-corrected chi connectivity index (χ0v) is 14.7. The Labute approximate surface area is 143 Å². The molecule has 0 radical (unpaired) electrons. The summed E-state index contributed by atoms with van der Waals surface area (Å²) in [5.74, 6) is 1.12. The van der Waals surface area contributed by atoms with Crippen molar-refractivity contribution in [2.24, 2.45) is 0 Å². The van der Waals surface area contributed by atoms with E-state index in [-0.39, 0.29) is 6.61 Å². The summed E-state index contributed by atoms with van der Waals surface area (Å²) in [4.78, 5) is 12.1. The van der Waals surface area contributed by atoms with Crippen LogP contribution in [0.15, 0.2) is 40.9 Å². The molecule has 2 aromatic carbocycles. The average molecular weight is 381 g/mol. The minimum Gasteiger partial charge on any atom is -0.493 e. The highest BCUT2D eigenvalue weighted by atomic mass is 79.9. The minimum atomic E-state index is -0.403. The van der Waals surface area contributed by atoms with Crippen molar-refractivity contribution in [3.8, 4) is 17.2 Å². The van der Waals surface area contributed by atoms with Gasteiger partial charge in [-0.2, -0.15) is 0 Å². The molecule has 0 saturated carbocycles. The number of benzene rings is 2. The van der Waals surface area contributed by atoms with Crippen LogP contribution in [0.1, 0.15) is 15.9 Å². The van der Waals surface area contributed by atoms with Gasteiger partial charge < -0.3 is 18.9 Å². The molecule has 2 aromatic rings. The predicted octanol–water partition coefficient (Wildman–Crippen LogP) is 3.83. The zero-order chi connectivity index (χ0) is 16.8. The van der Waals surface area contributed by atoms with E-state index in [1.807, 2.05) is 6.07 Å². The molecule has 6 heteroatoms. The second-order valence-electron chi connectivity index (χ2n) is 4.62. The molecule has 0 N–H and O–H groups in total. The van der Waals surface area contributed by atoms with Gasteiger partial charge in [0.25, 0.3) is 0 Å². The van der Waals surface area contributed by atoms with Gasteiger partial charge in [-0.05, 0) is 35.9 Å². The van der Waals surface area contributed by atoms with Gasteiger partial charge in [0.05, 0.1) is 26.9 Å². The normalized spacial score (nSPS) is 10.1. The van der Waals surface area contributed by atoms with E-state index in [0.29, 0.717) is 22.8 Å². The van der Waals surface area contributed by atoms with Crippen LogP contribution in [0.4, 0.5) is 0 Å². The molecular weight excluding hydrogens is 364 g/mol. The van der Waals surface area contributed by atoms with Crippen LogP contribution in [0, 0.1) is 0 Å². The lowest BCUT2D eigenvalue weighted by Gasteiger charge is -2.14. The van der Waals surface area contributed by atoms with Gasteiger partial charge in [-0.15, -0.1) is 0 Å². The van der Waals surface area contributed by atoms with Gasteiger partial charge in [-0.1, -0.05) is 22.0 Å². The number of ether oxygens (including phenoxy) is 4. The lowest BCUT2D eigenvalue weighted by atomic mass is 10.2. The predicted molar refractivity (Wildman–Crippen MR) is 89.4 cm³/mol. The topological polar surface area (TPSA) is 54.0 Å². The van der Waals surface area contributed by atoms with Crippen molar-refractivity contribution in [1.82, 2.24) is 0 Å². The van der Waals surface area contributed by atoms with Crippen LogP contribution in [-0.4, -0.2) is 27.3 Å². The Morgan fingerprint density at radius 2 is 1.65 bits per heavy atom. The summed E-state index contributed by atoms with van der Waals surface area (Å²) in [6.07, 6.45) is 0. The van der Waals surface area contributed by atoms with E-state index in [2.05, 4.69) is 15.9 Å². The molecule has 2 rings (SSSR count). The van der Waals surface area contributed by atoms with E-state index in [1.54, 1.807) is 30.3 Å². The number of hydrogen-bond acceptors (Lipinski definition) is 5. The first kappa shape index (κ1) is 17.1. The van der Waals surface area contributed by atoms with Crippen molar-refractivity contribution in [2.45, 2.75) is 6.61 Å². The van der Waals surface area contributed by atoms with Crippen LogP contribution in [0.2, 0.25) is 0 Å². The molecule has 23 heavy (non-hydrogen) atoms. The molecule has 0 heterocycles. The second kappa shape index (κ2) is 7.87. The Kier molecular flexibility index (Phi) is 5.87. The zero-order valence-electron chi connectivity index (χ0n) is 13.1. The third-order valence-electron chi connectivity index (χ3n) is 3.15. The molecule has 0 aliphatic heterocycles. The molecule has 0 atom stereocenters. The summed E-state index contributed by atoms with van der Waals surface area (Å²) >= 11 is 3.33. The van der Waals surface area contributed by atoms with Gasteiger partial charge in [-0.25, -0.2) is 4.79 Å². The van der Waals surface area contributed by atoms with E-state index in [0.717, 1.165) is 10.0 Å². The monoisotopic (exact) mass is 380 g/mol. The number of hydrogen-bond donors (Lipinski definition) is 0. The molecule has 0 aromatic heterocycles. The first-order valence-corrected chi connectivity index (χ1v) is 7.60. The molecule has 0 bridgehead atoms. The van der Waals surface area contributed by atoms with Crippen molar-refractivity contribution >= 4 is 21.9 Å². The Hall–Kier alpha value is -2.21. The largest absolute Gasteiger partial charge is 0.493 e. The van der Waals surface area contributed by atoms with Crippen molar-refractivity contribution in [2.75, 3.05) is 21.3 Å². The van der Waals surface area contributed by atoms with Crippen LogP contribution in [0.25, 0.3) is 0 Å². The first-order valence-electron chi connectivity index (χ1n) is 6.80. The van der Waals surface area contributed by atoms with Crippen molar-refractivity contribution in [3.63, 3.8) is 0 Å². The number of methoxy groups -OCH3 is 3. The van der Waals surface area contributed by atoms with Crippen LogP contribution >= 0.6 is 15.9 Å². The van der Waals surface area contributed by atoms with E-state index in [9.17, 15) is 4.79 Å². The summed E-state index contributed by atoms with van der Waals surface area (Å²) in [5, 5.41) is 0. The van der Waals surface area contributed by atoms with Crippen molar-refractivity contribution < 1.29 is 23.7 Å². The summed E-state index contributed by atoms with van der Waals surface area (Å²) in [5.41, 5.74) is 1.22. The molecule has 0 saturated heterocycles. The van der Waals surface area contributed by atoms with Crippen LogP contribution in [0.5, 0.6) is 17.2 Å². The van der Waals surface area contributed by atoms with Gasteiger partial charge in [-0.3, -0.25) is 0 Å². The maximum atomic E-state index is 12.1. The fourth-order valence-electron chi connectivity index (χ4n) is 2.07. The maximum Gasteiger partial charge on any atom is 0.338 e. The van der Waals surface area contributed by atoms with E-state index < -0.39 is 5.97 Å². The van der Waals surface area contributed by atoms with Crippen molar-refractivity contribution in [1.29, 1.82) is 0 Å². The molecule has 0 amide bonds. The van der Waals surface area contributed by atoms with E-state index in [1.165, 1.54) is 21.3 Å². The molecular formula is C17H17BrO5. The lowest BCUT2D eigenvalue weighted by Crippen LogP contribution is -2.06. The number of halogens is 1. The minimum absolute atomic E-state index is 0.0993. The first-order chi connectivity index (χ1) is 11.1. The molecule has 5 nitrogen and oxygen atoms in total. The molecule has 0 aliphatic rings. The van der Waals surface area contributed by atoms with Gasteiger partial charge in [0.15, 0.2) is 11.5 Å². The molecule has 0 spiro atoms. The van der Waals surface area contributed by atoms with Gasteiger partial charge in [0.2, 0.25) is 5.75 Å². The number of carbonyl (C=O) groups is 1. The highest BCUT2D eigenvalue weighted by molar-refractivity contribution is 9.10. The maximum absolute atomic E-state index is 12.1. The van der Waals surface area contributed by atoms with Crippen LogP contribution < -0.4 is 14.2 Å². The Morgan fingerprint density at radius 3 is 2.17 bits per heavy atom. The Morgan fingerprint density at radius 1 is 1.00 bits per heavy atom. The number of rotatable bonds is 6. The Balaban J connectivity index is 2.15. The smallest absolute Gasteiger partial charge is 0.338 e. The van der Waals surface area contributed by atoms with Crippen molar-refractivity contribution in [3.05, 3.63) is 52.0 Å². The summed E-state index contributed by atoms with van der Waals surface area (Å²) in [7, 11) is 4.61. The number of carbonyl (C=O) groups excluding carboxylic acids is 1. The second-order valence-corrected chi connectivity index (χ2v) is 5.54.